The molecular formula is C12H15N3O2S. The van der Waals surface area contributed by atoms with E-state index in [1.54, 1.807) is 25.2 Å². The van der Waals surface area contributed by atoms with Gasteiger partial charge in [0.15, 0.2) is 0 Å². The van der Waals surface area contributed by atoms with Crippen molar-refractivity contribution in [2.75, 3.05) is 4.72 Å². The summed E-state index contributed by atoms with van der Waals surface area (Å²) in [4.78, 5) is 0. The molecule has 0 radical (unpaired) electrons. The number of aryl methyl sites for hydroxylation is 2. The Bertz CT molecular complexity index is 633. The minimum Gasteiger partial charge on any atom is -0.267 e. The highest BCUT2D eigenvalue weighted by Crippen LogP contribution is 2.13. The van der Waals surface area contributed by atoms with Crippen molar-refractivity contribution in [3.63, 3.8) is 0 Å². The van der Waals surface area contributed by atoms with E-state index in [0.29, 0.717) is 5.82 Å². The lowest BCUT2D eigenvalue weighted by atomic mass is 10.2. The van der Waals surface area contributed by atoms with Gasteiger partial charge in [-0.1, -0.05) is 30.3 Å². The molecule has 0 aliphatic rings. The normalized spacial score (nSPS) is 11.4. The zero-order chi connectivity index (χ0) is 13.2. The van der Waals surface area contributed by atoms with Gasteiger partial charge in [-0.25, -0.2) is 8.42 Å². The molecule has 0 aliphatic carbocycles. The molecule has 0 saturated carbocycles. The van der Waals surface area contributed by atoms with Gasteiger partial charge in [-0.2, -0.15) is 5.10 Å². The molecular weight excluding hydrogens is 250 g/mol. The van der Waals surface area contributed by atoms with Gasteiger partial charge >= 0.3 is 0 Å². The van der Waals surface area contributed by atoms with Gasteiger partial charge in [-0.05, 0) is 12.5 Å². The molecule has 0 aliphatic heterocycles. The van der Waals surface area contributed by atoms with Crippen molar-refractivity contribution < 1.29 is 8.42 Å². The first-order valence-corrected chi connectivity index (χ1v) is 7.16. The van der Waals surface area contributed by atoms with Crippen LogP contribution in [0.2, 0.25) is 0 Å². The zero-order valence-electron chi connectivity index (χ0n) is 10.3. The van der Waals surface area contributed by atoms with Gasteiger partial charge in [0.2, 0.25) is 10.0 Å². The number of hydrogen-bond donors (Lipinski definition) is 1. The maximum absolute atomic E-state index is 12.0. The fourth-order valence-electron chi connectivity index (χ4n) is 1.70. The molecule has 5 nitrogen and oxygen atoms in total. The molecule has 0 unspecified atom stereocenters. The average molecular weight is 265 g/mol. The van der Waals surface area contributed by atoms with Crippen molar-refractivity contribution in [1.29, 1.82) is 0 Å². The Hall–Kier alpha value is -1.82. The molecule has 1 heterocycles. The van der Waals surface area contributed by atoms with Crippen LogP contribution in [0.4, 0.5) is 5.82 Å². The zero-order valence-corrected chi connectivity index (χ0v) is 11.1. The number of anilines is 1. The summed E-state index contributed by atoms with van der Waals surface area (Å²) in [5.74, 6) is 0.432. The molecule has 2 aromatic rings. The molecule has 0 bridgehead atoms. The van der Waals surface area contributed by atoms with Gasteiger partial charge in [-0.15, -0.1) is 0 Å². The molecule has 0 atom stereocenters. The van der Waals surface area contributed by atoms with Crippen LogP contribution in [-0.2, 0) is 22.8 Å². The predicted octanol–water partition coefficient (Wildman–Crippen LogP) is 1.67. The van der Waals surface area contributed by atoms with Crippen LogP contribution in [0.1, 0.15) is 11.3 Å². The van der Waals surface area contributed by atoms with Crippen molar-refractivity contribution in [2.24, 2.45) is 7.05 Å². The lowest BCUT2D eigenvalue weighted by Crippen LogP contribution is -2.17. The Balaban J connectivity index is 2.15. The third kappa shape index (κ3) is 3.10. The minimum atomic E-state index is -3.41. The third-order valence-electron chi connectivity index (χ3n) is 2.46. The lowest BCUT2D eigenvalue weighted by Gasteiger charge is -2.07. The first kappa shape index (κ1) is 12.6. The van der Waals surface area contributed by atoms with Crippen LogP contribution in [0.15, 0.2) is 36.4 Å². The standard InChI is InChI=1S/C12H15N3O2S/c1-10-8-12(15(2)13-10)14-18(16,17)9-11-6-4-3-5-7-11/h3-8,14H,9H2,1-2H3. The fourth-order valence-corrected chi connectivity index (χ4v) is 2.91. The quantitative estimate of drug-likeness (QED) is 0.914. The Morgan fingerprint density at radius 3 is 2.50 bits per heavy atom. The summed E-state index contributed by atoms with van der Waals surface area (Å²) < 4.78 is 28.0. The van der Waals surface area contributed by atoms with Crippen molar-refractivity contribution >= 4 is 15.8 Å². The monoisotopic (exact) mass is 265 g/mol. The first-order valence-electron chi connectivity index (χ1n) is 5.51. The van der Waals surface area contributed by atoms with Gasteiger partial charge in [0.1, 0.15) is 5.82 Å². The molecule has 0 amide bonds. The average Bonchev–Trinajstić information content (AvgIpc) is 2.57. The highest BCUT2D eigenvalue weighted by molar-refractivity contribution is 7.91. The minimum absolute atomic E-state index is 0.0436. The van der Waals surface area contributed by atoms with Crippen LogP contribution in [0.25, 0.3) is 0 Å². The largest absolute Gasteiger partial charge is 0.267 e. The number of benzene rings is 1. The van der Waals surface area contributed by atoms with Gasteiger partial charge in [0.25, 0.3) is 0 Å². The SMILES string of the molecule is Cc1cc(NS(=O)(=O)Cc2ccccc2)n(C)n1. The van der Waals surface area contributed by atoms with Crippen LogP contribution >= 0.6 is 0 Å². The first-order chi connectivity index (χ1) is 8.46. The lowest BCUT2D eigenvalue weighted by molar-refractivity contribution is 0.599. The summed E-state index contributed by atoms with van der Waals surface area (Å²) in [5, 5.41) is 4.09. The van der Waals surface area contributed by atoms with Gasteiger partial charge in [0.05, 0.1) is 11.4 Å². The number of sulfonamides is 1. The summed E-state index contributed by atoms with van der Waals surface area (Å²) >= 11 is 0. The van der Waals surface area contributed by atoms with Crippen LogP contribution in [0.3, 0.4) is 0 Å². The highest BCUT2D eigenvalue weighted by Gasteiger charge is 2.14. The van der Waals surface area contributed by atoms with Crippen molar-refractivity contribution in [3.05, 3.63) is 47.7 Å². The molecule has 2 rings (SSSR count). The number of aromatic nitrogens is 2. The van der Waals surface area contributed by atoms with E-state index in [1.165, 1.54) is 4.68 Å². The maximum atomic E-state index is 12.0. The van der Waals surface area contributed by atoms with Crippen molar-refractivity contribution in [1.82, 2.24) is 9.78 Å². The molecule has 18 heavy (non-hydrogen) atoms. The number of nitrogens with zero attached hydrogens (tertiary/aromatic N) is 2. The second kappa shape index (κ2) is 4.81. The molecule has 1 N–H and O–H groups in total. The molecule has 1 aromatic carbocycles. The van der Waals surface area contributed by atoms with Crippen LogP contribution < -0.4 is 4.72 Å². The summed E-state index contributed by atoms with van der Waals surface area (Å²) in [6.45, 7) is 1.81. The van der Waals surface area contributed by atoms with E-state index in [9.17, 15) is 8.42 Å². The van der Waals surface area contributed by atoms with E-state index in [4.69, 9.17) is 0 Å². The summed E-state index contributed by atoms with van der Waals surface area (Å²) in [6.07, 6.45) is 0. The summed E-state index contributed by atoms with van der Waals surface area (Å²) in [6, 6.07) is 10.8. The summed E-state index contributed by atoms with van der Waals surface area (Å²) in [5.41, 5.74) is 1.53. The van der Waals surface area contributed by atoms with Gasteiger partial charge in [0, 0.05) is 13.1 Å². The Labute approximate surface area is 107 Å². The van der Waals surface area contributed by atoms with E-state index in [0.717, 1.165) is 11.3 Å². The van der Waals surface area contributed by atoms with Crippen LogP contribution in [0.5, 0.6) is 0 Å². The Morgan fingerprint density at radius 2 is 1.94 bits per heavy atom. The van der Waals surface area contributed by atoms with Crippen LogP contribution in [0, 0.1) is 6.92 Å². The predicted molar refractivity (Wildman–Crippen MR) is 70.6 cm³/mol. The number of hydrogen-bond acceptors (Lipinski definition) is 3. The van der Waals surface area contributed by atoms with E-state index in [-0.39, 0.29) is 5.75 Å². The Morgan fingerprint density at radius 1 is 1.28 bits per heavy atom. The molecule has 1 aromatic heterocycles. The van der Waals surface area contributed by atoms with E-state index in [1.807, 2.05) is 25.1 Å². The molecule has 96 valence electrons. The topological polar surface area (TPSA) is 64.0 Å². The molecule has 6 heteroatoms. The maximum Gasteiger partial charge on any atom is 0.238 e. The molecule has 0 fully saturated rings. The summed E-state index contributed by atoms with van der Waals surface area (Å²) in [7, 11) is -1.71. The number of nitrogens with one attached hydrogen (secondary N) is 1. The van der Waals surface area contributed by atoms with E-state index < -0.39 is 10.0 Å². The van der Waals surface area contributed by atoms with Crippen molar-refractivity contribution in [2.45, 2.75) is 12.7 Å². The Kier molecular flexibility index (Phi) is 3.38. The second-order valence-corrected chi connectivity index (χ2v) is 5.86. The number of rotatable bonds is 4. The van der Waals surface area contributed by atoms with E-state index in [2.05, 4.69) is 9.82 Å². The van der Waals surface area contributed by atoms with Gasteiger partial charge in [-0.3, -0.25) is 9.40 Å². The fraction of sp³-hybridized carbons (Fsp3) is 0.250. The smallest absolute Gasteiger partial charge is 0.238 e. The second-order valence-electron chi connectivity index (χ2n) is 4.14. The molecule has 0 spiro atoms. The van der Waals surface area contributed by atoms with Gasteiger partial charge < -0.3 is 0 Å². The van der Waals surface area contributed by atoms with Crippen molar-refractivity contribution in [3.8, 4) is 0 Å². The van der Waals surface area contributed by atoms with E-state index >= 15 is 0 Å². The van der Waals surface area contributed by atoms with Crippen LogP contribution in [-0.4, -0.2) is 18.2 Å². The molecule has 0 saturated heterocycles. The third-order valence-corrected chi connectivity index (χ3v) is 3.70. The highest BCUT2D eigenvalue weighted by atomic mass is 32.2.